The highest BCUT2D eigenvalue weighted by Gasteiger charge is 2.46. The SMILES string of the molecule is C=CCOc1ccc(C(O)=C2C(=O)C(=O)N(Cc3cccnc3)C2c2ccc(C(C)(C)C)cc2)cc1C. The third kappa shape index (κ3) is 5.33. The first kappa shape index (κ1) is 25.9. The molecule has 0 bridgehead atoms. The van der Waals surface area contributed by atoms with Crippen LogP contribution in [0.25, 0.3) is 5.76 Å². The van der Waals surface area contributed by atoms with E-state index in [1.54, 1.807) is 42.7 Å². The Morgan fingerprint density at radius 1 is 1.14 bits per heavy atom. The van der Waals surface area contributed by atoms with Crippen LogP contribution in [0.4, 0.5) is 0 Å². The van der Waals surface area contributed by atoms with Crippen molar-refractivity contribution in [3.05, 3.63) is 113 Å². The van der Waals surface area contributed by atoms with Gasteiger partial charge in [-0.1, -0.05) is 63.8 Å². The highest BCUT2D eigenvalue weighted by atomic mass is 16.5. The smallest absolute Gasteiger partial charge is 0.295 e. The van der Waals surface area contributed by atoms with E-state index in [9.17, 15) is 14.7 Å². The van der Waals surface area contributed by atoms with Gasteiger partial charge in [-0.15, -0.1) is 0 Å². The summed E-state index contributed by atoms with van der Waals surface area (Å²) in [5.74, 6) is -0.924. The molecule has 6 heteroatoms. The number of Topliss-reactive ketones (excluding diaryl/α,β-unsaturated/α-hetero) is 1. The highest BCUT2D eigenvalue weighted by molar-refractivity contribution is 6.46. The minimum atomic E-state index is -0.744. The second-order valence-electron chi connectivity index (χ2n) is 10.2. The summed E-state index contributed by atoms with van der Waals surface area (Å²) >= 11 is 0. The number of aliphatic hydroxyl groups excluding tert-OH is 1. The van der Waals surface area contributed by atoms with Gasteiger partial charge in [0.2, 0.25) is 0 Å². The standard InChI is InChI=1S/C31H32N2O4/c1-6-16-37-25-14-11-23(17-20(25)2)28(34)26-27(22-9-12-24(13-10-22)31(3,4)5)33(30(36)29(26)35)19-21-8-7-15-32-18-21/h6-15,17-18,27,34H,1,16,19H2,2-5H3. The number of hydrogen-bond donors (Lipinski definition) is 1. The topological polar surface area (TPSA) is 79.7 Å². The van der Waals surface area contributed by atoms with Crippen molar-refractivity contribution in [1.82, 2.24) is 9.88 Å². The van der Waals surface area contributed by atoms with Crippen molar-refractivity contribution in [3.63, 3.8) is 0 Å². The average Bonchev–Trinajstić information content (AvgIpc) is 3.12. The van der Waals surface area contributed by atoms with Crippen molar-refractivity contribution < 1.29 is 19.4 Å². The number of rotatable bonds is 7. The Morgan fingerprint density at radius 2 is 1.86 bits per heavy atom. The molecule has 2 aromatic carbocycles. The number of ketones is 1. The largest absolute Gasteiger partial charge is 0.507 e. The zero-order valence-corrected chi connectivity index (χ0v) is 21.7. The van der Waals surface area contributed by atoms with Gasteiger partial charge >= 0.3 is 0 Å². The molecule has 1 N–H and O–H groups in total. The maximum atomic E-state index is 13.4. The Balaban J connectivity index is 1.83. The number of benzene rings is 2. The first-order chi connectivity index (χ1) is 17.6. The van der Waals surface area contributed by atoms with E-state index < -0.39 is 17.7 Å². The van der Waals surface area contributed by atoms with Crippen molar-refractivity contribution in [2.45, 2.75) is 45.7 Å². The minimum absolute atomic E-state index is 0.0526. The van der Waals surface area contributed by atoms with Crippen molar-refractivity contribution >= 4 is 17.4 Å². The molecule has 0 aliphatic carbocycles. The average molecular weight is 497 g/mol. The Bertz CT molecular complexity index is 1350. The molecular formula is C31H32N2O4. The van der Waals surface area contributed by atoms with Gasteiger partial charge in [-0.3, -0.25) is 14.6 Å². The van der Waals surface area contributed by atoms with Crippen LogP contribution in [0.1, 0.15) is 54.6 Å². The molecule has 1 fully saturated rings. The van der Waals surface area contributed by atoms with E-state index in [-0.39, 0.29) is 23.3 Å². The summed E-state index contributed by atoms with van der Waals surface area (Å²) < 4.78 is 5.65. The Hall–Kier alpha value is -4.19. The fraction of sp³-hybridized carbons (Fsp3) is 0.258. The lowest BCUT2D eigenvalue weighted by Gasteiger charge is -2.26. The number of aromatic nitrogens is 1. The monoisotopic (exact) mass is 496 g/mol. The van der Waals surface area contributed by atoms with E-state index in [1.165, 1.54) is 4.90 Å². The van der Waals surface area contributed by atoms with Gasteiger partial charge in [0.1, 0.15) is 18.1 Å². The molecule has 3 aromatic rings. The zero-order valence-electron chi connectivity index (χ0n) is 21.7. The van der Waals surface area contributed by atoms with Crippen molar-refractivity contribution in [3.8, 4) is 5.75 Å². The molecule has 1 amide bonds. The number of carbonyl (C=O) groups is 2. The number of hydrogen-bond acceptors (Lipinski definition) is 5. The van der Waals surface area contributed by atoms with Gasteiger partial charge in [-0.05, 0) is 58.9 Å². The van der Waals surface area contributed by atoms with Crippen molar-refractivity contribution in [1.29, 1.82) is 0 Å². The number of carbonyl (C=O) groups excluding carboxylic acids is 2. The normalized spacial score (nSPS) is 17.2. The molecule has 1 aliphatic rings. The third-order valence-corrected chi connectivity index (χ3v) is 6.51. The maximum Gasteiger partial charge on any atom is 0.295 e. The molecule has 1 atom stereocenters. The van der Waals surface area contributed by atoms with Crippen LogP contribution in [0.3, 0.4) is 0 Å². The number of nitrogens with zero attached hydrogens (tertiary/aromatic N) is 2. The maximum absolute atomic E-state index is 13.4. The van der Waals surface area contributed by atoms with Gasteiger partial charge in [-0.2, -0.15) is 0 Å². The third-order valence-electron chi connectivity index (χ3n) is 6.51. The molecule has 1 unspecified atom stereocenters. The summed E-state index contributed by atoms with van der Waals surface area (Å²) in [7, 11) is 0. The lowest BCUT2D eigenvalue weighted by atomic mass is 9.85. The van der Waals surface area contributed by atoms with Gasteiger partial charge in [0.15, 0.2) is 0 Å². The summed E-state index contributed by atoms with van der Waals surface area (Å²) in [6.45, 7) is 12.4. The van der Waals surface area contributed by atoms with Gasteiger partial charge in [-0.25, -0.2) is 0 Å². The predicted molar refractivity (Wildman–Crippen MR) is 144 cm³/mol. The highest BCUT2D eigenvalue weighted by Crippen LogP contribution is 2.41. The first-order valence-electron chi connectivity index (χ1n) is 12.2. The molecule has 1 saturated heterocycles. The molecule has 2 heterocycles. The van der Waals surface area contributed by atoms with Crippen LogP contribution < -0.4 is 4.74 Å². The summed E-state index contributed by atoms with van der Waals surface area (Å²) in [5, 5.41) is 11.4. The summed E-state index contributed by atoms with van der Waals surface area (Å²) in [6.07, 6.45) is 4.98. The quantitative estimate of drug-likeness (QED) is 0.191. The predicted octanol–water partition coefficient (Wildman–Crippen LogP) is 5.87. The van der Waals surface area contributed by atoms with E-state index >= 15 is 0 Å². The van der Waals surface area contributed by atoms with Gasteiger partial charge in [0, 0.05) is 24.5 Å². The molecule has 0 radical (unpaired) electrons. The molecule has 0 saturated carbocycles. The Kier molecular flexibility index (Phi) is 7.30. The number of amides is 1. The Labute approximate surface area is 217 Å². The van der Waals surface area contributed by atoms with Crippen LogP contribution in [0.5, 0.6) is 5.75 Å². The van der Waals surface area contributed by atoms with Gasteiger partial charge in [0.25, 0.3) is 11.7 Å². The van der Waals surface area contributed by atoms with Crippen molar-refractivity contribution in [2.75, 3.05) is 6.61 Å². The van der Waals surface area contributed by atoms with Gasteiger partial charge < -0.3 is 14.7 Å². The van der Waals surface area contributed by atoms with Crippen LogP contribution >= 0.6 is 0 Å². The molecule has 1 aromatic heterocycles. The van der Waals surface area contributed by atoms with E-state index in [4.69, 9.17) is 4.74 Å². The fourth-order valence-corrected chi connectivity index (χ4v) is 4.51. The van der Waals surface area contributed by atoms with E-state index in [0.29, 0.717) is 17.9 Å². The molecule has 1 aliphatic heterocycles. The molecule has 37 heavy (non-hydrogen) atoms. The van der Waals surface area contributed by atoms with Crippen LogP contribution in [0.2, 0.25) is 0 Å². The van der Waals surface area contributed by atoms with Crippen LogP contribution in [0, 0.1) is 6.92 Å². The van der Waals surface area contributed by atoms with Crippen LogP contribution in [-0.4, -0.2) is 33.3 Å². The minimum Gasteiger partial charge on any atom is -0.507 e. The van der Waals surface area contributed by atoms with E-state index in [2.05, 4.69) is 32.3 Å². The molecule has 0 spiro atoms. The number of ether oxygens (including phenoxy) is 1. The number of aliphatic hydroxyl groups is 1. The number of aryl methyl sites for hydroxylation is 1. The van der Waals surface area contributed by atoms with Crippen LogP contribution in [0.15, 0.2) is 85.2 Å². The second-order valence-corrected chi connectivity index (χ2v) is 10.2. The summed E-state index contributed by atoms with van der Waals surface area (Å²) in [5.41, 5.74) is 3.92. The number of likely N-dealkylation sites (tertiary alicyclic amines) is 1. The summed E-state index contributed by atoms with van der Waals surface area (Å²) in [4.78, 5) is 32.3. The Morgan fingerprint density at radius 3 is 2.46 bits per heavy atom. The van der Waals surface area contributed by atoms with Crippen LogP contribution in [-0.2, 0) is 21.5 Å². The molecule has 190 valence electrons. The fourth-order valence-electron chi connectivity index (χ4n) is 4.51. The van der Waals surface area contributed by atoms with Gasteiger partial charge in [0.05, 0.1) is 11.6 Å². The molecular weight excluding hydrogens is 464 g/mol. The first-order valence-corrected chi connectivity index (χ1v) is 12.2. The lowest BCUT2D eigenvalue weighted by Crippen LogP contribution is -2.29. The number of pyridine rings is 1. The lowest BCUT2D eigenvalue weighted by molar-refractivity contribution is -0.140. The summed E-state index contributed by atoms with van der Waals surface area (Å²) in [6, 6.07) is 16.0. The zero-order chi connectivity index (χ0) is 26.7. The van der Waals surface area contributed by atoms with E-state index in [0.717, 1.165) is 22.3 Å². The molecule has 4 rings (SSSR count). The van der Waals surface area contributed by atoms with E-state index in [1.807, 2.05) is 37.3 Å². The van der Waals surface area contributed by atoms with Crippen molar-refractivity contribution in [2.24, 2.45) is 0 Å². The molecule has 6 nitrogen and oxygen atoms in total. The second kappa shape index (κ2) is 10.4.